The third-order valence-corrected chi connectivity index (χ3v) is 5.14. The van der Waals surface area contributed by atoms with Gasteiger partial charge in [0.2, 0.25) is 0 Å². The molecule has 0 amide bonds. The van der Waals surface area contributed by atoms with Gasteiger partial charge in [-0.1, -0.05) is 36.8 Å². The predicted octanol–water partition coefficient (Wildman–Crippen LogP) is 3.64. The van der Waals surface area contributed by atoms with E-state index >= 15 is 0 Å². The maximum Gasteiger partial charge on any atom is 0.151 e. The van der Waals surface area contributed by atoms with E-state index < -0.39 is 9.84 Å². The van der Waals surface area contributed by atoms with Crippen molar-refractivity contribution < 1.29 is 8.42 Å². The van der Waals surface area contributed by atoms with Crippen LogP contribution in [0.15, 0.2) is 35.9 Å². The fourth-order valence-corrected chi connectivity index (χ4v) is 3.88. The van der Waals surface area contributed by atoms with Gasteiger partial charge in [-0.25, -0.2) is 8.42 Å². The highest BCUT2D eigenvalue weighted by atomic mass is 32.2. The second-order valence-corrected chi connectivity index (χ2v) is 8.36. The number of benzene rings is 1. The molecule has 0 saturated carbocycles. The first kappa shape index (κ1) is 16.1. The number of allylic oxidation sites excluding steroid dienone is 1. The van der Waals surface area contributed by atoms with E-state index in [1.165, 1.54) is 24.7 Å². The molecule has 0 fully saturated rings. The van der Waals surface area contributed by atoms with E-state index in [0.29, 0.717) is 11.8 Å². The van der Waals surface area contributed by atoms with Crippen molar-refractivity contribution in [2.45, 2.75) is 32.4 Å². The lowest BCUT2D eigenvalue weighted by atomic mass is 9.80. The normalized spacial score (nSPS) is 22.7. The Labute approximate surface area is 128 Å². The van der Waals surface area contributed by atoms with E-state index in [9.17, 15) is 8.42 Å². The topological polar surface area (TPSA) is 46.2 Å². The van der Waals surface area contributed by atoms with Crippen molar-refractivity contribution in [3.05, 3.63) is 41.5 Å². The Hall–Kier alpha value is -1.29. The molecule has 1 aromatic rings. The fraction of sp³-hybridized carbons (Fsp3) is 0.529. The monoisotopic (exact) mass is 307 g/mol. The second kappa shape index (κ2) is 6.65. The zero-order chi connectivity index (χ0) is 15.5. The smallest absolute Gasteiger partial charge is 0.151 e. The van der Waals surface area contributed by atoms with Gasteiger partial charge in [-0.3, -0.25) is 0 Å². The minimum atomic E-state index is -3.02. The van der Waals surface area contributed by atoms with Crippen molar-refractivity contribution >= 4 is 15.5 Å². The van der Waals surface area contributed by atoms with Crippen LogP contribution in [-0.2, 0) is 15.6 Å². The van der Waals surface area contributed by atoms with Crippen molar-refractivity contribution in [1.29, 1.82) is 0 Å². The first-order valence-corrected chi connectivity index (χ1v) is 9.59. The lowest BCUT2D eigenvalue weighted by Gasteiger charge is -2.29. The Balaban J connectivity index is 2.10. The highest BCUT2D eigenvalue weighted by Crippen LogP contribution is 2.30. The highest BCUT2D eigenvalue weighted by Gasteiger charge is 2.22. The van der Waals surface area contributed by atoms with Gasteiger partial charge in [0.05, 0.1) is 5.75 Å². The van der Waals surface area contributed by atoms with Gasteiger partial charge < -0.3 is 5.32 Å². The molecule has 2 atom stereocenters. The van der Waals surface area contributed by atoms with E-state index in [1.54, 1.807) is 0 Å². The molecule has 0 heterocycles. The third-order valence-electron chi connectivity index (χ3n) is 4.31. The molecule has 0 radical (unpaired) electrons. The molecule has 0 aromatic heterocycles. The summed E-state index contributed by atoms with van der Waals surface area (Å²) in [6.07, 6.45) is 6.01. The molecular weight excluding hydrogens is 282 g/mol. The van der Waals surface area contributed by atoms with Crippen molar-refractivity contribution in [2.75, 3.05) is 18.1 Å². The van der Waals surface area contributed by atoms with E-state index in [1.807, 2.05) is 24.3 Å². The lowest BCUT2D eigenvalue weighted by Crippen LogP contribution is -2.25. The summed E-state index contributed by atoms with van der Waals surface area (Å²) in [6, 6.07) is 7.69. The van der Waals surface area contributed by atoms with Crippen LogP contribution >= 0.6 is 0 Å². The van der Waals surface area contributed by atoms with Gasteiger partial charge in [0.1, 0.15) is 0 Å². The summed E-state index contributed by atoms with van der Waals surface area (Å²) >= 11 is 0. The van der Waals surface area contributed by atoms with Gasteiger partial charge in [-0.2, -0.15) is 0 Å². The van der Waals surface area contributed by atoms with Gasteiger partial charge in [0, 0.05) is 18.5 Å². The molecule has 21 heavy (non-hydrogen) atoms. The molecule has 3 nitrogen and oxygen atoms in total. The van der Waals surface area contributed by atoms with E-state index in [4.69, 9.17) is 0 Å². The molecule has 0 spiro atoms. The Kier molecular flexibility index (Phi) is 5.09. The molecule has 1 aliphatic rings. The summed E-state index contributed by atoms with van der Waals surface area (Å²) < 4.78 is 23.1. The summed E-state index contributed by atoms with van der Waals surface area (Å²) in [4.78, 5) is 0. The van der Waals surface area contributed by atoms with Gasteiger partial charge in [-0.05, 0) is 43.2 Å². The van der Waals surface area contributed by atoms with Crippen LogP contribution in [0.1, 0.15) is 32.3 Å². The molecule has 0 aliphatic heterocycles. The number of sulfone groups is 1. The average molecular weight is 307 g/mol. The van der Waals surface area contributed by atoms with Crippen LogP contribution < -0.4 is 5.32 Å². The number of hydrogen-bond donors (Lipinski definition) is 1. The van der Waals surface area contributed by atoms with Gasteiger partial charge in [-0.15, -0.1) is 0 Å². The van der Waals surface area contributed by atoms with Gasteiger partial charge in [0.15, 0.2) is 9.84 Å². The molecule has 1 N–H and O–H groups in total. The second-order valence-electron chi connectivity index (χ2n) is 6.22. The zero-order valence-electron chi connectivity index (χ0n) is 13.1. The largest absolute Gasteiger partial charge is 0.384 e. The van der Waals surface area contributed by atoms with Crippen LogP contribution in [-0.4, -0.2) is 21.2 Å². The zero-order valence-corrected chi connectivity index (χ0v) is 13.9. The maximum absolute atomic E-state index is 11.5. The molecule has 4 heteroatoms. The number of hydrogen-bond acceptors (Lipinski definition) is 3. The first-order valence-electron chi connectivity index (χ1n) is 7.53. The quantitative estimate of drug-likeness (QED) is 0.845. The summed E-state index contributed by atoms with van der Waals surface area (Å²) in [5.74, 6) is 1.29. The van der Waals surface area contributed by atoms with Crippen LogP contribution in [0.25, 0.3) is 0 Å². The van der Waals surface area contributed by atoms with E-state index in [0.717, 1.165) is 17.8 Å². The summed E-state index contributed by atoms with van der Waals surface area (Å²) in [7, 11) is -3.02. The van der Waals surface area contributed by atoms with Crippen LogP contribution in [0.5, 0.6) is 0 Å². The summed E-state index contributed by atoms with van der Waals surface area (Å²) in [5, 5.41) is 3.46. The first-order chi connectivity index (χ1) is 9.87. The Morgan fingerprint density at radius 3 is 2.67 bits per heavy atom. The SMILES string of the molecule is CC1=CCC[C@@H](C)[C@H]1CNc1ccccc1CS(C)(=O)=O. The summed E-state index contributed by atoms with van der Waals surface area (Å²) in [5.41, 5.74) is 3.24. The third kappa shape index (κ3) is 4.60. The number of para-hydroxylation sites is 1. The number of rotatable bonds is 5. The van der Waals surface area contributed by atoms with Crippen LogP contribution in [0.2, 0.25) is 0 Å². The highest BCUT2D eigenvalue weighted by molar-refractivity contribution is 7.89. The van der Waals surface area contributed by atoms with Crippen molar-refractivity contribution in [2.24, 2.45) is 11.8 Å². The van der Waals surface area contributed by atoms with Crippen LogP contribution in [0, 0.1) is 11.8 Å². The van der Waals surface area contributed by atoms with E-state index in [-0.39, 0.29) is 5.75 Å². The number of anilines is 1. The molecular formula is C17H25NO2S. The van der Waals surface area contributed by atoms with E-state index in [2.05, 4.69) is 25.2 Å². The predicted molar refractivity (Wildman–Crippen MR) is 89.1 cm³/mol. The van der Waals surface area contributed by atoms with Gasteiger partial charge in [0.25, 0.3) is 0 Å². The van der Waals surface area contributed by atoms with Crippen LogP contribution in [0.4, 0.5) is 5.69 Å². The molecule has 0 unspecified atom stereocenters. The lowest BCUT2D eigenvalue weighted by molar-refractivity contribution is 0.381. The molecule has 1 aromatic carbocycles. The molecule has 0 bridgehead atoms. The Morgan fingerprint density at radius 1 is 1.29 bits per heavy atom. The average Bonchev–Trinajstić information content (AvgIpc) is 2.38. The minimum absolute atomic E-state index is 0.0885. The molecule has 116 valence electrons. The van der Waals surface area contributed by atoms with Crippen molar-refractivity contribution in [3.8, 4) is 0 Å². The standard InChI is InChI=1S/C17H25NO2S/c1-13-7-6-8-14(2)16(13)11-18-17-10-5-4-9-15(17)12-21(3,19)20/h4-5,7,9-10,14,16,18H,6,8,11-12H2,1-3H3/t14-,16+/m1/s1. The molecule has 2 rings (SSSR count). The Bertz CT molecular complexity index is 619. The van der Waals surface area contributed by atoms with Crippen molar-refractivity contribution in [3.63, 3.8) is 0 Å². The van der Waals surface area contributed by atoms with Gasteiger partial charge >= 0.3 is 0 Å². The van der Waals surface area contributed by atoms with Crippen LogP contribution in [0.3, 0.4) is 0 Å². The summed E-state index contributed by atoms with van der Waals surface area (Å²) in [6.45, 7) is 5.36. The molecule has 0 saturated heterocycles. The Morgan fingerprint density at radius 2 is 2.00 bits per heavy atom. The van der Waals surface area contributed by atoms with Crippen molar-refractivity contribution in [1.82, 2.24) is 0 Å². The molecule has 1 aliphatic carbocycles. The minimum Gasteiger partial charge on any atom is -0.384 e. The fourth-order valence-electron chi connectivity index (χ4n) is 3.06. The maximum atomic E-state index is 11.5. The number of nitrogens with one attached hydrogen (secondary N) is 1.